The van der Waals surface area contributed by atoms with Crippen molar-refractivity contribution in [3.05, 3.63) is 35.9 Å². The quantitative estimate of drug-likeness (QED) is 0.906. The van der Waals surface area contributed by atoms with Gasteiger partial charge in [0, 0.05) is 6.54 Å². The minimum atomic E-state index is -0.322. The van der Waals surface area contributed by atoms with Gasteiger partial charge in [0.05, 0.1) is 24.6 Å². The van der Waals surface area contributed by atoms with Crippen molar-refractivity contribution in [1.82, 2.24) is 10.2 Å². The van der Waals surface area contributed by atoms with E-state index in [1.54, 1.807) is 11.8 Å². The molecule has 3 aliphatic heterocycles. The van der Waals surface area contributed by atoms with Crippen LogP contribution in [0.2, 0.25) is 0 Å². The van der Waals surface area contributed by atoms with Gasteiger partial charge in [-0.2, -0.15) is 0 Å². The lowest BCUT2D eigenvalue weighted by atomic mass is 9.83. The molecule has 3 heterocycles. The predicted octanol–water partition coefficient (Wildman–Crippen LogP) is 2.09. The SMILES string of the molecule is CCOC(=O)N1[C@@H]2CC[C@@H](C(=O)NC2)[C@H]1c1ccccc1. The normalized spacial score (nSPS) is 28.0. The summed E-state index contributed by atoms with van der Waals surface area (Å²) >= 11 is 0. The Morgan fingerprint density at radius 3 is 2.81 bits per heavy atom. The number of fused-ring (bicyclic) bond motifs is 4. The van der Waals surface area contributed by atoms with Gasteiger partial charge in [0.15, 0.2) is 0 Å². The van der Waals surface area contributed by atoms with Crippen LogP contribution in [-0.2, 0) is 9.53 Å². The van der Waals surface area contributed by atoms with Gasteiger partial charge in [-0.05, 0) is 25.3 Å². The van der Waals surface area contributed by atoms with Gasteiger partial charge in [0.2, 0.25) is 5.91 Å². The Labute approximate surface area is 124 Å². The number of carbonyl (C=O) groups is 2. The Bertz CT molecular complexity index is 532. The summed E-state index contributed by atoms with van der Waals surface area (Å²) in [6, 6.07) is 9.55. The van der Waals surface area contributed by atoms with Crippen molar-refractivity contribution >= 4 is 12.0 Å². The Morgan fingerprint density at radius 1 is 1.33 bits per heavy atom. The van der Waals surface area contributed by atoms with Crippen LogP contribution in [-0.4, -0.2) is 36.1 Å². The molecule has 112 valence electrons. The van der Waals surface area contributed by atoms with Crippen molar-refractivity contribution in [2.75, 3.05) is 13.2 Å². The van der Waals surface area contributed by atoms with E-state index >= 15 is 0 Å². The van der Waals surface area contributed by atoms with Crippen molar-refractivity contribution in [3.8, 4) is 0 Å². The summed E-state index contributed by atoms with van der Waals surface area (Å²) in [5, 5.41) is 2.94. The maximum absolute atomic E-state index is 12.4. The summed E-state index contributed by atoms with van der Waals surface area (Å²) in [4.78, 5) is 26.5. The number of nitrogens with one attached hydrogen (secondary N) is 1. The Kier molecular flexibility index (Phi) is 3.82. The molecule has 0 aromatic heterocycles. The number of benzene rings is 1. The van der Waals surface area contributed by atoms with Gasteiger partial charge in [-0.3, -0.25) is 9.69 Å². The van der Waals surface area contributed by atoms with Crippen molar-refractivity contribution in [3.63, 3.8) is 0 Å². The molecular weight excluding hydrogens is 268 g/mol. The summed E-state index contributed by atoms with van der Waals surface area (Å²) in [6.07, 6.45) is 1.33. The van der Waals surface area contributed by atoms with Gasteiger partial charge in [0.25, 0.3) is 0 Å². The van der Waals surface area contributed by atoms with Crippen molar-refractivity contribution in [1.29, 1.82) is 0 Å². The number of ether oxygens (including phenoxy) is 1. The topological polar surface area (TPSA) is 58.6 Å². The first-order valence-corrected chi connectivity index (χ1v) is 7.50. The third-order valence-corrected chi connectivity index (χ3v) is 4.35. The number of rotatable bonds is 2. The van der Waals surface area contributed by atoms with Gasteiger partial charge >= 0.3 is 6.09 Å². The van der Waals surface area contributed by atoms with Gasteiger partial charge in [-0.15, -0.1) is 0 Å². The fraction of sp³-hybridized carbons (Fsp3) is 0.500. The summed E-state index contributed by atoms with van der Waals surface area (Å²) in [5.41, 5.74) is 0.998. The molecule has 21 heavy (non-hydrogen) atoms. The standard InChI is InChI=1S/C16H20N2O3/c1-2-21-16(20)18-12-8-9-13(15(19)17-10-12)14(18)11-6-4-3-5-7-11/h3-7,12-14H,2,8-10H2,1H3,(H,17,19)/t12-,13-,14-/m1/s1. The smallest absolute Gasteiger partial charge is 0.410 e. The molecule has 1 aromatic rings. The highest BCUT2D eigenvalue weighted by Crippen LogP contribution is 2.41. The molecule has 2 bridgehead atoms. The molecule has 0 unspecified atom stereocenters. The minimum absolute atomic E-state index is 0.0111. The number of hydrogen-bond donors (Lipinski definition) is 1. The second kappa shape index (κ2) is 5.76. The molecule has 1 aromatic carbocycles. The molecule has 2 amide bonds. The van der Waals surface area contributed by atoms with Crippen molar-refractivity contribution < 1.29 is 14.3 Å². The van der Waals surface area contributed by atoms with E-state index in [1.165, 1.54) is 0 Å². The molecule has 3 fully saturated rings. The summed E-state index contributed by atoms with van der Waals surface area (Å²) < 4.78 is 5.22. The van der Waals surface area contributed by atoms with Crippen LogP contribution in [0.3, 0.4) is 0 Å². The molecule has 0 aliphatic carbocycles. The number of piperidine rings is 1. The maximum atomic E-state index is 12.4. The molecule has 0 saturated carbocycles. The largest absolute Gasteiger partial charge is 0.450 e. The van der Waals surface area contributed by atoms with Crippen molar-refractivity contribution in [2.24, 2.45) is 5.92 Å². The third-order valence-electron chi connectivity index (χ3n) is 4.35. The fourth-order valence-corrected chi connectivity index (χ4v) is 3.42. The molecule has 0 spiro atoms. The van der Waals surface area contributed by atoms with E-state index in [9.17, 15) is 9.59 Å². The first kappa shape index (κ1) is 13.9. The van der Waals surface area contributed by atoms with E-state index in [0.717, 1.165) is 18.4 Å². The highest BCUT2D eigenvalue weighted by molar-refractivity contribution is 5.82. The van der Waals surface area contributed by atoms with Crippen LogP contribution in [0.4, 0.5) is 4.79 Å². The Balaban J connectivity index is 2.01. The molecule has 0 radical (unpaired) electrons. The van der Waals surface area contributed by atoms with Crippen LogP contribution >= 0.6 is 0 Å². The zero-order chi connectivity index (χ0) is 14.8. The zero-order valence-electron chi connectivity index (χ0n) is 12.1. The Hall–Kier alpha value is -2.04. The van der Waals surface area contributed by atoms with Crippen LogP contribution in [0.5, 0.6) is 0 Å². The lowest BCUT2D eigenvalue weighted by Gasteiger charge is -2.42. The lowest BCUT2D eigenvalue weighted by Crippen LogP contribution is -2.49. The van der Waals surface area contributed by atoms with Gasteiger partial charge in [-0.1, -0.05) is 30.3 Å². The van der Waals surface area contributed by atoms with Gasteiger partial charge < -0.3 is 10.1 Å². The first-order valence-electron chi connectivity index (χ1n) is 7.50. The monoisotopic (exact) mass is 288 g/mol. The van der Waals surface area contributed by atoms with Crippen molar-refractivity contribution in [2.45, 2.75) is 31.8 Å². The Morgan fingerprint density at radius 2 is 2.10 bits per heavy atom. The number of nitrogens with zero attached hydrogens (tertiary/aromatic N) is 1. The maximum Gasteiger partial charge on any atom is 0.410 e. The summed E-state index contributed by atoms with van der Waals surface area (Å²) in [6.45, 7) is 2.65. The minimum Gasteiger partial charge on any atom is -0.450 e. The molecular formula is C16H20N2O3. The van der Waals surface area contributed by atoms with Crippen LogP contribution in [0.25, 0.3) is 0 Å². The highest BCUT2D eigenvalue weighted by atomic mass is 16.6. The summed E-state index contributed by atoms with van der Waals surface area (Å²) in [5.74, 6) is -0.159. The van der Waals surface area contributed by atoms with Crippen LogP contribution < -0.4 is 5.32 Å². The third kappa shape index (κ3) is 2.48. The lowest BCUT2D eigenvalue weighted by molar-refractivity contribution is -0.126. The van der Waals surface area contributed by atoms with Gasteiger partial charge in [-0.25, -0.2) is 4.79 Å². The van der Waals surface area contributed by atoms with Gasteiger partial charge in [0.1, 0.15) is 0 Å². The van der Waals surface area contributed by atoms with E-state index in [4.69, 9.17) is 4.74 Å². The number of amides is 2. The highest BCUT2D eigenvalue weighted by Gasteiger charge is 2.47. The molecule has 5 heteroatoms. The molecule has 4 rings (SSSR count). The molecule has 3 saturated heterocycles. The van der Waals surface area contributed by atoms with E-state index in [-0.39, 0.29) is 30.0 Å². The number of hydrogen-bond acceptors (Lipinski definition) is 3. The van der Waals surface area contributed by atoms with E-state index in [2.05, 4.69) is 5.32 Å². The predicted molar refractivity (Wildman–Crippen MR) is 77.6 cm³/mol. The number of carbonyl (C=O) groups excluding carboxylic acids is 2. The first-order chi connectivity index (χ1) is 10.2. The summed E-state index contributed by atoms with van der Waals surface area (Å²) in [7, 11) is 0. The van der Waals surface area contributed by atoms with Crippen LogP contribution in [0, 0.1) is 5.92 Å². The molecule has 5 nitrogen and oxygen atoms in total. The molecule has 1 N–H and O–H groups in total. The molecule has 3 aliphatic rings. The second-order valence-electron chi connectivity index (χ2n) is 5.54. The van der Waals surface area contributed by atoms with Crippen LogP contribution in [0.1, 0.15) is 31.4 Å². The average molecular weight is 288 g/mol. The average Bonchev–Trinajstić information content (AvgIpc) is 2.77. The molecule has 3 atom stereocenters. The van der Waals surface area contributed by atoms with E-state index in [1.807, 2.05) is 30.3 Å². The fourth-order valence-electron chi connectivity index (χ4n) is 3.42. The van der Waals surface area contributed by atoms with E-state index in [0.29, 0.717) is 13.2 Å². The zero-order valence-corrected chi connectivity index (χ0v) is 12.1. The van der Waals surface area contributed by atoms with E-state index < -0.39 is 0 Å². The van der Waals surface area contributed by atoms with Crippen LogP contribution in [0.15, 0.2) is 30.3 Å². The second-order valence-corrected chi connectivity index (χ2v) is 5.54.